The first kappa shape index (κ1) is 19.5. The molecule has 0 unspecified atom stereocenters. The third-order valence-electron chi connectivity index (χ3n) is 5.15. The first-order valence-corrected chi connectivity index (χ1v) is 10.9. The zero-order chi connectivity index (χ0) is 19.6. The topological polar surface area (TPSA) is 67.3 Å². The Morgan fingerprint density at radius 1 is 1.15 bits per heavy atom. The summed E-state index contributed by atoms with van der Waals surface area (Å²) in [5.41, 5.74) is 2.62. The minimum atomic E-state index is -3.51. The van der Waals surface area contributed by atoms with E-state index in [9.17, 15) is 13.2 Å². The summed E-state index contributed by atoms with van der Waals surface area (Å²) in [6, 6.07) is 7.07. The van der Waals surface area contributed by atoms with Crippen molar-refractivity contribution in [2.45, 2.75) is 44.3 Å². The molecule has 0 aliphatic carbocycles. The van der Waals surface area contributed by atoms with Crippen molar-refractivity contribution in [1.29, 1.82) is 0 Å². The Labute approximate surface area is 161 Å². The largest absolute Gasteiger partial charge is 0.339 e. The van der Waals surface area contributed by atoms with Crippen molar-refractivity contribution < 1.29 is 13.2 Å². The van der Waals surface area contributed by atoms with Crippen molar-refractivity contribution in [3.8, 4) is 0 Å². The number of amides is 1. The molecule has 5 nitrogen and oxygen atoms in total. The van der Waals surface area contributed by atoms with Gasteiger partial charge in [0.2, 0.25) is 0 Å². The molecule has 27 heavy (non-hydrogen) atoms. The van der Waals surface area contributed by atoms with Crippen molar-refractivity contribution in [1.82, 2.24) is 9.88 Å². The third kappa shape index (κ3) is 4.56. The molecule has 6 heteroatoms. The zero-order valence-electron chi connectivity index (χ0n) is 16.1. The van der Waals surface area contributed by atoms with Gasteiger partial charge in [-0.05, 0) is 61.4 Å². The van der Waals surface area contributed by atoms with E-state index in [2.05, 4.69) is 11.9 Å². The van der Waals surface area contributed by atoms with Gasteiger partial charge >= 0.3 is 0 Å². The Morgan fingerprint density at radius 2 is 1.85 bits per heavy atom. The maximum atomic E-state index is 12.9. The van der Waals surface area contributed by atoms with E-state index in [1.165, 1.54) is 12.4 Å². The van der Waals surface area contributed by atoms with Crippen LogP contribution in [0.2, 0.25) is 0 Å². The lowest BCUT2D eigenvalue weighted by Crippen LogP contribution is -2.38. The fraction of sp³-hybridized carbons (Fsp3) is 0.429. The molecule has 0 bridgehead atoms. The second kappa shape index (κ2) is 7.80. The molecule has 0 N–H and O–H groups in total. The van der Waals surface area contributed by atoms with Crippen LogP contribution in [0.3, 0.4) is 0 Å². The van der Waals surface area contributed by atoms with E-state index < -0.39 is 9.84 Å². The molecule has 2 aromatic rings. The summed E-state index contributed by atoms with van der Waals surface area (Å²) >= 11 is 0. The molecule has 1 aliphatic heterocycles. The van der Waals surface area contributed by atoms with Crippen molar-refractivity contribution in [3.05, 3.63) is 58.9 Å². The van der Waals surface area contributed by atoms with E-state index in [0.29, 0.717) is 21.9 Å². The lowest BCUT2D eigenvalue weighted by molar-refractivity contribution is 0.0696. The number of aryl methyl sites for hydroxylation is 2. The molecular weight excluding hydrogens is 360 g/mol. The fourth-order valence-electron chi connectivity index (χ4n) is 3.42. The molecule has 1 aromatic heterocycles. The van der Waals surface area contributed by atoms with Crippen LogP contribution < -0.4 is 0 Å². The number of rotatable bonds is 4. The standard InChI is InChI=1S/C21H26N2O3S/c1-15-6-8-23(9-7-15)21(24)19-11-18(12-22-13-19)14-27(25,26)20-10-16(2)4-5-17(20)3/h4-5,10-13,15H,6-9,14H2,1-3H3. The van der Waals surface area contributed by atoms with Crippen molar-refractivity contribution in [2.75, 3.05) is 13.1 Å². The normalized spacial score (nSPS) is 15.7. The van der Waals surface area contributed by atoms with Crippen LogP contribution in [0.5, 0.6) is 0 Å². The molecule has 0 saturated carbocycles. The van der Waals surface area contributed by atoms with Crippen LogP contribution in [0.25, 0.3) is 0 Å². The van der Waals surface area contributed by atoms with Gasteiger partial charge in [-0.25, -0.2) is 8.42 Å². The Balaban J connectivity index is 1.81. The second-order valence-corrected chi connectivity index (χ2v) is 9.54. The number of nitrogens with zero attached hydrogens (tertiary/aromatic N) is 2. The van der Waals surface area contributed by atoms with Crippen LogP contribution in [0.15, 0.2) is 41.6 Å². The van der Waals surface area contributed by atoms with Crippen LogP contribution >= 0.6 is 0 Å². The van der Waals surface area contributed by atoms with Gasteiger partial charge < -0.3 is 4.90 Å². The Kier molecular flexibility index (Phi) is 5.65. The van der Waals surface area contributed by atoms with Crippen LogP contribution in [0.4, 0.5) is 0 Å². The van der Waals surface area contributed by atoms with Gasteiger partial charge in [-0.1, -0.05) is 19.1 Å². The van der Waals surface area contributed by atoms with E-state index in [0.717, 1.165) is 37.1 Å². The smallest absolute Gasteiger partial charge is 0.255 e. The highest BCUT2D eigenvalue weighted by Crippen LogP contribution is 2.23. The highest BCUT2D eigenvalue weighted by atomic mass is 32.2. The summed E-state index contributed by atoms with van der Waals surface area (Å²) in [6.45, 7) is 7.35. The number of sulfone groups is 1. The van der Waals surface area contributed by atoms with Gasteiger partial charge in [0.1, 0.15) is 0 Å². The molecule has 2 heterocycles. The Bertz CT molecular complexity index is 946. The lowest BCUT2D eigenvalue weighted by atomic mass is 9.99. The van der Waals surface area contributed by atoms with Crippen LogP contribution in [0.1, 0.15) is 46.8 Å². The highest BCUT2D eigenvalue weighted by Gasteiger charge is 2.23. The monoisotopic (exact) mass is 386 g/mol. The summed E-state index contributed by atoms with van der Waals surface area (Å²) < 4.78 is 25.7. The van der Waals surface area contributed by atoms with Gasteiger partial charge in [0, 0.05) is 25.5 Å². The summed E-state index contributed by atoms with van der Waals surface area (Å²) in [5, 5.41) is 0. The highest BCUT2D eigenvalue weighted by molar-refractivity contribution is 7.90. The molecule has 1 aromatic carbocycles. The zero-order valence-corrected chi connectivity index (χ0v) is 16.9. The molecule has 3 rings (SSSR count). The summed E-state index contributed by atoms with van der Waals surface area (Å²) in [4.78, 5) is 19.0. The van der Waals surface area contributed by atoms with E-state index in [4.69, 9.17) is 0 Å². The number of carbonyl (C=O) groups excluding carboxylic acids is 1. The van der Waals surface area contributed by atoms with Crippen LogP contribution in [0, 0.1) is 19.8 Å². The van der Waals surface area contributed by atoms with Crippen LogP contribution in [-0.4, -0.2) is 37.3 Å². The molecule has 1 saturated heterocycles. The molecule has 0 atom stereocenters. The number of benzene rings is 1. The van der Waals surface area contributed by atoms with Gasteiger partial charge in [-0.2, -0.15) is 0 Å². The number of likely N-dealkylation sites (tertiary alicyclic amines) is 1. The first-order valence-electron chi connectivity index (χ1n) is 9.29. The van der Waals surface area contributed by atoms with Gasteiger partial charge in [0.05, 0.1) is 16.2 Å². The molecule has 0 radical (unpaired) electrons. The molecule has 1 fully saturated rings. The summed E-state index contributed by atoms with van der Waals surface area (Å²) in [6.07, 6.45) is 5.05. The van der Waals surface area contributed by atoms with Crippen molar-refractivity contribution >= 4 is 15.7 Å². The first-order chi connectivity index (χ1) is 12.8. The van der Waals surface area contributed by atoms with Gasteiger partial charge in [-0.3, -0.25) is 9.78 Å². The maximum absolute atomic E-state index is 12.9. The number of carbonyl (C=O) groups is 1. The SMILES string of the molecule is Cc1ccc(C)c(S(=O)(=O)Cc2cncc(C(=O)N3CCC(C)CC3)c2)c1. The second-order valence-electron chi connectivity index (χ2n) is 7.58. The molecule has 0 spiro atoms. The molecule has 144 valence electrons. The number of hydrogen-bond acceptors (Lipinski definition) is 4. The van der Waals surface area contributed by atoms with E-state index >= 15 is 0 Å². The predicted molar refractivity (Wildman–Crippen MR) is 105 cm³/mol. The van der Waals surface area contributed by atoms with E-state index in [1.807, 2.05) is 24.0 Å². The average molecular weight is 387 g/mol. The van der Waals surface area contributed by atoms with Crippen molar-refractivity contribution in [3.63, 3.8) is 0 Å². The minimum absolute atomic E-state index is 0.0691. The number of pyridine rings is 1. The quantitative estimate of drug-likeness (QED) is 0.806. The average Bonchev–Trinajstić information content (AvgIpc) is 2.63. The van der Waals surface area contributed by atoms with Crippen molar-refractivity contribution in [2.24, 2.45) is 5.92 Å². The minimum Gasteiger partial charge on any atom is -0.339 e. The summed E-state index contributed by atoms with van der Waals surface area (Å²) in [7, 11) is -3.51. The fourth-order valence-corrected chi connectivity index (χ4v) is 5.09. The lowest BCUT2D eigenvalue weighted by Gasteiger charge is -2.30. The van der Waals surface area contributed by atoms with Gasteiger partial charge in [0.15, 0.2) is 9.84 Å². The molecule has 1 aliphatic rings. The van der Waals surface area contributed by atoms with Gasteiger partial charge in [-0.15, -0.1) is 0 Å². The maximum Gasteiger partial charge on any atom is 0.255 e. The third-order valence-corrected chi connectivity index (χ3v) is 6.97. The van der Waals surface area contributed by atoms with E-state index in [-0.39, 0.29) is 11.7 Å². The summed E-state index contributed by atoms with van der Waals surface area (Å²) in [5.74, 6) is 0.407. The Morgan fingerprint density at radius 3 is 2.56 bits per heavy atom. The molecule has 1 amide bonds. The van der Waals surface area contributed by atoms with E-state index in [1.54, 1.807) is 19.1 Å². The molecular formula is C21H26N2O3S. The predicted octanol–water partition coefficient (Wildman–Crippen LogP) is 3.54. The number of hydrogen-bond donors (Lipinski definition) is 0. The number of piperidine rings is 1. The Hall–Kier alpha value is -2.21. The number of aromatic nitrogens is 1. The van der Waals surface area contributed by atoms with Crippen LogP contribution in [-0.2, 0) is 15.6 Å². The van der Waals surface area contributed by atoms with Gasteiger partial charge in [0.25, 0.3) is 5.91 Å².